The molecule has 0 amide bonds. The molecule has 1 aliphatic rings. The van der Waals surface area contributed by atoms with Crippen LogP contribution in [0.4, 0.5) is 4.39 Å². The predicted molar refractivity (Wildman–Crippen MR) is 167 cm³/mol. The van der Waals surface area contributed by atoms with E-state index in [0.29, 0.717) is 11.5 Å². The molecule has 0 N–H and O–H groups in total. The zero-order valence-corrected chi connectivity index (χ0v) is 27.6. The second-order valence-corrected chi connectivity index (χ2v) is 10.4. The number of nitrogens with zero attached hydrogens (tertiary/aromatic N) is 1. The SMILES string of the molecule is Cc1cc(OC/C=C(/c2ccc(F)cc2)c2ccc(-c3ccc(C#CCN4CCOCC4)cc3)cc2)ccc1OCC(=O)[O-].[Na+]. The monoisotopic (exact) mass is 613 g/mol. The van der Waals surface area contributed by atoms with Gasteiger partial charge in [-0.2, -0.15) is 0 Å². The molecule has 0 spiro atoms. The van der Waals surface area contributed by atoms with Crippen LogP contribution in [-0.4, -0.2) is 56.9 Å². The number of carboxylic acids is 1. The zero-order valence-electron chi connectivity index (χ0n) is 25.6. The smallest absolute Gasteiger partial charge is 0.546 e. The van der Waals surface area contributed by atoms with Crippen molar-refractivity contribution in [3.05, 3.63) is 125 Å². The van der Waals surface area contributed by atoms with Crippen molar-refractivity contribution >= 4 is 11.5 Å². The number of carboxylic acid groups (broad SMARTS) is 1. The molecule has 8 heteroatoms. The number of ether oxygens (including phenoxy) is 3. The van der Waals surface area contributed by atoms with Gasteiger partial charge in [0.2, 0.25) is 0 Å². The Morgan fingerprint density at radius 2 is 1.53 bits per heavy atom. The van der Waals surface area contributed by atoms with E-state index in [0.717, 1.165) is 71.8 Å². The third kappa shape index (κ3) is 10.1. The van der Waals surface area contributed by atoms with E-state index in [1.54, 1.807) is 30.3 Å². The summed E-state index contributed by atoms with van der Waals surface area (Å²) in [5, 5.41) is 10.7. The van der Waals surface area contributed by atoms with Gasteiger partial charge in [-0.05, 0) is 88.9 Å². The Morgan fingerprint density at radius 3 is 2.16 bits per heavy atom. The topological polar surface area (TPSA) is 71.1 Å². The summed E-state index contributed by atoms with van der Waals surface area (Å²) in [6, 6.07) is 28.0. The van der Waals surface area contributed by atoms with E-state index in [1.165, 1.54) is 12.1 Å². The first-order valence-corrected chi connectivity index (χ1v) is 14.5. The van der Waals surface area contributed by atoms with Gasteiger partial charge in [-0.3, -0.25) is 4.90 Å². The van der Waals surface area contributed by atoms with E-state index in [1.807, 2.05) is 37.3 Å². The standard InChI is InChI=1S/C37H34FNO5.Na/c1-27-25-34(16-17-36(27)44-26-37(40)41)43-22-18-35(32-12-14-33(38)15-13-32)31-10-8-30(9-11-31)29-6-4-28(5-7-29)3-2-19-39-20-23-42-24-21-39;/h4-18,25H,19-24,26H2,1H3,(H,40,41);/q;+1/p-1/b35-18+;. The third-order valence-electron chi connectivity index (χ3n) is 7.24. The maximum Gasteiger partial charge on any atom is 1.00 e. The summed E-state index contributed by atoms with van der Waals surface area (Å²) in [5.74, 6) is 6.00. The molecule has 5 rings (SSSR count). The van der Waals surface area contributed by atoms with Gasteiger partial charge in [-0.1, -0.05) is 60.4 Å². The summed E-state index contributed by atoms with van der Waals surface area (Å²) in [6.07, 6.45) is 1.96. The van der Waals surface area contributed by atoms with E-state index in [2.05, 4.69) is 41.0 Å². The van der Waals surface area contributed by atoms with E-state index in [9.17, 15) is 14.3 Å². The van der Waals surface area contributed by atoms with Crippen molar-refractivity contribution in [2.24, 2.45) is 0 Å². The minimum atomic E-state index is -1.28. The van der Waals surface area contributed by atoms with E-state index in [4.69, 9.17) is 14.2 Å². The maximum atomic E-state index is 13.7. The van der Waals surface area contributed by atoms with Crippen LogP contribution in [0.5, 0.6) is 11.5 Å². The van der Waals surface area contributed by atoms with Crippen molar-refractivity contribution in [2.75, 3.05) is 46.1 Å². The van der Waals surface area contributed by atoms with E-state index >= 15 is 0 Å². The van der Waals surface area contributed by atoms with Gasteiger partial charge >= 0.3 is 29.6 Å². The molecule has 0 unspecified atom stereocenters. The van der Waals surface area contributed by atoms with Crippen LogP contribution < -0.4 is 44.1 Å². The van der Waals surface area contributed by atoms with Crippen molar-refractivity contribution in [3.8, 4) is 34.5 Å². The molecular weight excluding hydrogens is 580 g/mol. The van der Waals surface area contributed by atoms with Crippen LogP contribution in [0, 0.1) is 24.6 Å². The first kappa shape index (κ1) is 34.0. The molecule has 1 fully saturated rings. The van der Waals surface area contributed by atoms with Crippen LogP contribution in [0.15, 0.2) is 97.1 Å². The first-order chi connectivity index (χ1) is 21.4. The largest absolute Gasteiger partial charge is 1.00 e. The number of aryl methyl sites for hydroxylation is 1. The van der Waals surface area contributed by atoms with Crippen LogP contribution in [0.3, 0.4) is 0 Å². The summed E-state index contributed by atoms with van der Waals surface area (Å²) >= 11 is 0. The van der Waals surface area contributed by atoms with Crippen LogP contribution in [-0.2, 0) is 9.53 Å². The Kier molecular flexibility index (Phi) is 12.8. The molecule has 0 saturated carbocycles. The molecule has 1 aliphatic heterocycles. The summed E-state index contributed by atoms with van der Waals surface area (Å²) in [5.41, 5.74) is 6.64. The number of hydrogen-bond donors (Lipinski definition) is 0. The maximum absolute atomic E-state index is 13.7. The summed E-state index contributed by atoms with van der Waals surface area (Å²) in [6.45, 7) is 5.70. The van der Waals surface area contributed by atoms with E-state index in [-0.39, 0.29) is 42.0 Å². The first-order valence-electron chi connectivity index (χ1n) is 14.5. The van der Waals surface area contributed by atoms with Gasteiger partial charge in [0.05, 0.1) is 25.7 Å². The fourth-order valence-corrected chi connectivity index (χ4v) is 4.86. The Labute approximate surface area is 285 Å². The third-order valence-corrected chi connectivity index (χ3v) is 7.24. The van der Waals surface area contributed by atoms with Crippen LogP contribution in [0.25, 0.3) is 16.7 Å². The van der Waals surface area contributed by atoms with Gasteiger partial charge in [0.15, 0.2) is 0 Å². The second-order valence-electron chi connectivity index (χ2n) is 10.4. The van der Waals surface area contributed by atoms with Crippen molar-refractivity contribution < 1.29 is 58.1 Å². The number of aliphatic carboxylic acids is 1. The average molecular weight is 614 g/mol. The average Bonchev–Trinajstić information content (AvgIpc) is 3.04. The van der Waals surface area contributed by atoms with Gasteiger partial charge < -0.3 is 24.1 Å². The summed E-state index contributed by atoms with van der Waals surface area (Å²) in [4.78, 5) is 13.0. The summed E-state index contributed by atoms with van der Waals surface area (Å²) in [7, 11) is 0. The molecule has 0 radical (unpaired) electrons. The van der Waals surface area contributed by atoms with Crippen molar-refractivity contribution in [2.45, 2.75) is 6.92 Å². The number of rotatable bonds is 10. The molecule has 0 aromatic heterocycles. The van der Waals surface area contributed by atoms with Crippen LogP contribution in [0.1, 0.15) is 22.3 Å². The fraction of sp³-hybridized carbons (Fsp3) is 0.216. The molecule has 0 atom stereocenters. The van der Waals surface area contributed by atoms with Gasteiger partial charge in [0, 0.05) is 18.7 Å². The molecule has 1 heterocycles. The fourth-order valence-electron chi connectivity index (χ4n) is 4.86. The van der Waals surface area contributed by atoms with Crippen molar-refractivity contribution in [1.29, 1.82) is 0 Å². The predicted octanol–water partition coefficient (Wildman–Crippen LogP) is 2.13. The molecule has 4 aromatic carbocycles. The van der Waals surface area contributed by atoms with Crippen LogP contribution >= 0.6 is 0 Å². The number of morpholine rings is 1. The van der Waals surface area contributed by atoms with Gasteiger partial charge in [0.25, 0.3) is 0 Å². The van der Waals surface area contributed by atoms with Gasteiger partial charge in [-0.25, -0.2) is 4.39 Å². The van der Waals surface area contributed by atoms with Gasteiger partial charge in [0.1, 0.15) is 30.5 Å². The molecule has 0 aliphatic carbocycles. The Bertz CT molecular complexity index is 1650. The molecule has 1 saturated heterocycles. The number of carbonyl (C=O) groups is 1. The Hall–Kier alpha value is -3.90. The quantitative estimate of drug-likeness (QED) is 0.202. The van der Waals surface area contributed by atoms with E-state index < -0.39 is 12.6 Å². The molecule has 224 valence electrons. The van der Waals surface area contributed by atoms with Crippen molar-refractivity contribution in [1.82, 2.24) is 4.90 Å². The molecule has 6 nitrogen and oxygen atoms in total. The minimum absolute atomic E-state index is 0. The number of carbonyl (C=O) groups excluding carboxylic acids is 1. The molecule has 0 bridgehead atoms. The molecule has 4 aromatic rings. The zero-order chi connectivity index (χ0) is 30.7. The van der Waals surface area contributed by atoms with Crippen LogP contribution in [0.2, 0.25) is 0 Å². The molecular formula is C37H33FNNaO5. The van der Waals surface area contributed by atoms with Gasteiger partial charge in [-0.15, -0.1) is 0 Å². The normalized spacial score (nSPS) is 13.2. The number of hydrogen-bond acceptors (Lipinski definition) is 6. The Balaban J connectivity index is 0.00000461. The number of halogens is 1. The number of benzene rings is 4. The second kappa shape index (κ2) is 17.0. The summed E-state index contributed by atoms with van der Waals surface area (Å²) < 4.78 is 30.3. The molecule has 45 heavy (non-hydrogen) atoms. The minimum Gasteiger partial charge on any atom is -0.546 e. The van der Waals surface area contributed by atoms with Crippen molar-refractivity contribution in [3.63, 3.8) is 0 Å². The Morgan fingerprint density at radius 1 is 0.911 bits per heavy atom.